The lowest BCUT2D eigenvalue weighted by Gasteiger charge is -2.12. The summed E-state index contributed by atoms with van der Waals surface area (Å²) in [6, 6.07) is 16.1. The molecule has 2 N–H and O–H groups in total. The highest BCUT2D eigenvalue weighted by Gasteiger charge is 2.06. The minimum absolute atomic E-state index is 0.0367. The van der Waals surface area contributed by atoms with Crippen molar-refractivity contribution in [2.24, 2.45) is 0 Å². The minimum atomic E-state index is -0.0367. The summed E-state index contributed by atoms with van der Waals surface area (Å²) in [5.41, 5.74) is 4.23. The summed E-state index contributed by atoms with van der Waals surface area (Å²) in [7, 11) is 0. The molecule has 0 aliphatic carbocycles. The van der Waals surface area contributed by atoms with E-state index in [0.717, 1.165) is 24.1 Å². The Hall–Kier alpha value is -2.33. The number of para-hydroxylation sites is 1. The van der Waals surface area contributed by atoms with Gasteiger partial charge in [-0.25, -0.2) is 0 Å². The number of hydrogen-bond donors (Lipinski definition) is 2. The number of anilines is 1. The average Bonchev–Trinajstić information content (AvgIpc) is 2.66. The van der Waals surface area contributed by atoms with Crippen LogP contribution in [0.3, 0.4) is 0 Å². The maximum absolute atomic E-state index is 12.3. The molecule has 0 saturated heterocycles. The molecule has 2 aromatic rings. The van der Waals surface area contributed by atoms with Gasteiger partial charge in [-0.15, -0.1) is 0 Å². The summed E-state index contributed by atoms with van der Waals surface area (Å²) in [6.07, 6.45) is 2.04. The van der Waals surface area contributed by atoms with E-state index >= 15 is 0 Å². The molecule has 0 fully saturated rings. The molecule has 0 bridgehead atoms. The molecule has 0 atom stereocenters. The van der Waals surface area contributed by atoms with Gasteiger partial charge in [0.25, 0.3) is 5.91 Å². The van der Waals surface area contributed by atoms with E-state index in [1.54, 1.807) is 0 Å². The van der Waals surface area contributed by atoms with E-state index in [1.165, 1.54) is 5.56 Å². The van der Waals surface area contributed by atoms with Crippen LogP contribution in [-0.4, -0.2) is 25.2 Å². The van der Waals surface area contributed by atoms with E-state index in [2.05, 4.69) is 35.8 Å². The molecular formula is C22H30N2O2. The summed E-state index contributed by atoms with van der Waals surface area (Å²) in [4.78, 5) is 12.3. The zero-order chi connectivity index (χ0) is 18.8. The Balaban J connectivity index is 1.86. The Kier molecular flexibility index (Phi) is 8.16. The molecule has 4 heteroatoms. The predicted molar refractivity (Wildman–Crippen MR) is 108 cm³/mol. The fourth-order valence-corrected chi connectivity index (χ4v) is 2.72. The van der Waals surface area contributed by atoms with E-state index < -0.39 is 0 Å². The van der Waals surface area contributed by atoms with Crippen molar-refractivity contribution in [3.05, 3.63) is 65.2 Å². The molecule has 0 aromatic heterocycles. The van der Waals surface area contributed by atoms with E-state index in [0.29, 0.717) is 25.3 Å². The van der Waals surface area contributed by atoms with Crippen molar-refractivity contribution in [1.29, 1.82) is 0 Å². The van der Waals surface area contributed by atoms with Crippen molar-refractivity contribution in [3.8, 4) is 0 Å². The molecule has 1 amide bonds. The fraction of sp³-hybridized carbons (Fsp3) is 0.409. The molecule has 0 heterocycles. The van der Waals surface area contributed by atoms with Crippen LogP contribution in [0.2, 0.25) is 0 Å². The Morgan fingerprint density at radius 1 is 1.12 bits per heavy atom. The second-order valence-electron chi connectivity index (χ2n) is 6.59. The van der Waals surface area contributed by atoms with Gasteiger partial charge in [0.2, 0.25) is 0 Å². The minimum Gasteiger partial charge on any atom is -0.381 e. The summed E-state index contributed by atoms with van der Waals surface area (Å²) < 4.78 is 5.48. The summed E-state index contributed by atoms with van der Waals surface area (Å²) in [6.45, 7) is 8.16. The highest BCUT2D eigenvalue weighted by atomic mass is 16.5. The molecule has 2 rings (SSSR count). The van der Waals surface area contributed by atoms with Gasteiger partial charge < -0.3 is 15.4 Å². The third kappa shape index (κ3) is 6.52. The van der Waals surface area contributed by atoms with Crippen molar-refractivity contribution < 1.29 is 9.53 Å². The average molecular weight is 354 g/mol. The number of hydrogen-bond acceptors (Lipinski definition) is 3. The van der Waals surface area contributed by atoms with Crippen LogP contribution in [0.4, 0.5) is 5.69 Å². The van der Waals surface area contributed by atoms with Crippen molar-refractivity contribution in [1.82, 2.24) is 5.32 Å². The number of aryl methyl sites for hydroxylation is 1. The van der Waals surface area contributed by atoms with Crippen LogP contribution in [0.25, 0.3) is 0 Å². The summed E-state index contributed by atoms with van der Waals surface area (Å²) in [5.74, 6) is -0.0367. The Bertz CT molecular complexity index is 698. The maximum Gasteiger partial charge on any atom is 0.251 e. The van der Waals surface area contributed by atoms with Crippen LogP contribution in [0.1, 0.15) is 48.7 Å². The molecule has 0 aliphatic rings. The Morgan fingerprint density at radius 2 is 1.92 bits per heavy atom. The lowest BCUT2D eigenvalue weighted by Crippen LogP contribution is -2.25. The molecule has 0 saturated carbocycles. The highest BCUT2D eigenvalue weighted by Crippen LogP contribution is 2.17. The lowest BCUT2D eigenvalue weighted by molar-refractivity contribution is 0.0757. The zero-order valence-corrected chi connectivity index (χ0v) is 16.0. The lowest BCUT2D eigenvalue weighted by atomic mass is 10.1. The molecule has 0 aliphatic heterocycles. The van der Waals surface area contributed by atoms with E-state index in [1.807, 2.05) is 44.2 Å². The van der Waals surface area contributed by atoms with Crippen molar-refractivity contribution in [2.45, 2.75) is 46.3 Å². The number of ether oxygens (including phenoxy) is 1. The van der Waals surface area contributed by atoms with Crippen LogP contribution < -0.4 is 10.6 Å². The van der Waals surface area contributed by atoms with Crippen LogP contribution in [0, 0.1) is 0 Å². The molecular weight excluding hydrogens is 324 g/mol. The van der Waals surface area contributed by atoms with Gasteiger partial charge in [-0.3, -0.25) is 4.79 Å². The van der Waals surface area contributed by atoms with Gasteiger partial charge in [-0.2, -0.15) is 0 Å². The molecule has 4 nitrogen and oxygen atoms in total. The van der Waals surface area contributed by atoms with Gasteiger partial charge in [0, 0.05) is 30.9 Å². The van der Waals surface area contributed by atoms with Crippen molar-refractivity contribution in [3.63, 3.8) is 0 Å². The monoisotopic (exact) mass is 354 g/mol. The fourth-order valence-electron chi connectivity index (χ4n) is 2.72. The van der Waals surface area contributed by atoms with Gasteiger partial charge in [-0.1, -0.05) is 37.3 Å². The van der Waals surface area contributed by atoms with Crippen molar-refractivity contribution >= 4 is 11.6 Å². The molecule has 0 spiro atoms. The topological polar surface area (TPSA) is 50.4 Å². The molecule has 0 unspecified atom stereocenters. The third-order valence-corrected chi connectivity index (χ3v) is 4.13. The number of amides is 1. The van der Waals surface area contributed by atoms with Crippen LogP contribution >= 0.6 is 0 Å². The second kappa shape index (κ2) is 10.6. The van der Waals surface area contributed by atoms with E-state index in [-0.39, 0.29) is 12.0 Å². The Labute approximate surface area is 157 Å². The maximum atomic E-state index is 12.3. The van der Waals surface area contributed by atoms with Gasteiger partial charge in [0.1, 0.15) is 0 Å². The first-order chi connectivity index (χ1) is 12.6. The highest BCUT2D eigenvalue weighted by molar-refractivity contribution is 5.94. The van der Waals surface area contributed by atoms with Gasteiger partial charge in [-0.05, 0) is 56.0 Å². The van der Waals surface area contributed by atoms with Crippen LogP contribution in [0.5, 0.6) is 0 Å². The predicted octanol–water partition coefficient (Wildman–Crippen LogP) is 4.41. The SMILES string of the molecule is CCc1ccccc1NCc1cccc(C(=O)NCCCOC(C)C)c1. The number of nitrogens with one attached hydrogen (secondary N) is 2. The van der Waals surface area contributed by atoms with Crippen LogP contribution in [-0.2, 0) is 17.7 Å². The zero-order valence-electron chi connectivity index (χ0n) is 16.0. The van der Waals surface area contributed by atoms with Crippen LogP contribution in [0.15, 0.2) is 48.5 Å². The first-order valence-electron chi connectivity index (χ1n) is 9.40. The van der Waals surface area contributed by atoms with E-state index in [9.17, 15) is 4.79 Å². The van der Waals surface area contributed by atoms with Gasteiger partial charge in [0.15, 0.2) is 0 Å². The first-order valence-corrected chi connectivity index (χ1v) is 9.40. The molecule has 140 valence electrons. The van der Waals surface area contributed by atoms with Gasteiger partial charge >= 0.3 is 0 Å². The molecule has 26 heavy (non-hydrogen) atoms. The largest absolute Gasteiger partial charge is 0.381 e. The van der Waals surface area contributed by atoms with Gasteiger partial charge in [0.05, 0.1) is 6.10 Å². The van der Waals surface area contributed by atoms with E-state index in [4.69, 9.17) is 4.74 Å². The summed E-state index contributed by atoms with van der Waals surface area (Å²) >= 11 is 0. The normalized spacial score (nSPS) is 10.8. The first kappa shape index (κ1) is 20.0. The summed E-state index contributed by atoms with van der Waals surface area (Å²) in [5, 5.41) is 6.42. The number of rotatable bonds is 10. The number of carbonyl (C=O) groups excluding carboxylic acids is 1. The molecule has 2 aromatic carbocycles. The third-order valence-electron chi connectivity index (χ3n) is 4.13. The molecule has 0 radical (unpaired) electrons. The second-order valence-corrected chi connectivity index (χ2v) is 6.59. The quantitative estimate of drug-likeness (QED) is 0.622. The Morgan fingerprint density at radius 3 is 2.69 bits per heavy atom. The number of carbonyl (C=O) groups is 1. The smallest absolute Gasteiger partial charge is 0.251 e. The number of benzene rings is 2. The standard InChI is InChI=1S/C22H30N2O2/c1-4-19-10-5-6-12-21(19)24-16-18-9-7-11-20(15-18)22(25)23-13-8-14-26-17(2)3/h5-7,9-12,15,17,24H,4,8,13-14,16H2,1-3H3,(H,23,25). The van der Waals surface area contributed by atoms with Crippen molar-refractivity contribution in [2.75, 3.05) is 18.5 Å².